The third kappa shape index (κ3) is 3.12. The Labute approximate surface area is 120 Å². The molecular weight excluding hydrogens is 276 g/mol. The van der Waals surface area contributed by atoms with Crippen molar-refractivity contribution in [3.63, 3.8) is 0 Å². The van der Waals surface area contributed by atoms with Gasteiger partial charge in [-0.05, 0) is 26.8 Å². The lowest BCUT2D eigenvalue weighted by Crippen LogP contribution is -2.42. The molecule has 0 saturated carbocycles. The summed E-state index contributed by atoms with van der Waals surface area (Å²) in [7, 11) is -2.89. The number of rotatable bonds is 4. The van der Waals surface area contributed by atoms with E-state index in [0.717, 1.165) is 23.5 Å². The molecule has 1 saturated heterocycles. The number of ketones is 1. The van der Waals surface area contributed by atoms with Gasteiger partial charge in [0.15, 0.2) is 15.6 Å². The van der Waals surface area contributed by atoms with Crippen molar-refractivity contribution >= 4 is 15.6 Å². The van der Waals surface area contributed by atoms with E-state index in [4.69, 9.17) is 0 Å². The van der Waals surface area contributed by atoms with E-state index in [2.05, 4.69) is 11.5 Å². The van der Waals surface area contributed by atoms with Gasteiger partial charge in [-0.15, -0.1) is 0 Å². The molecule has 5 nitrogen and oxygen atoms in total. The van der Waals surface area contributed by atoms with Crippen molar-refractivity contribution in [3.05, 3.63) is 23.0 Å². The van der Waals surface area contributed by atoms with E-state index >= 15 is 0 Å². The highest BCUT2D eigenvalue weighted by atomic mass is 32.2. The van der Waals surface area contributed by atoms with Crippen LogP contribution in [0.3, 0.4) is 0 Å². The molecule has 1 aliphatic rings. The summed E-state index contributed by atoms with van der Waals surface area (Å²) in [5.41, 5.74) is 2.85. The second-order valence-corrected chi connectivity index (χ2v) is 7.68. The monoisotopic (exact) mass is 298 g/mol. The second-order valence-electron chi connectivity index (χ2n) is 5.38. The maximum absolute atomic E-state index is 12.4. The average Bonchev–Trinajstić information content (AvgIpc) is 2.67. The van der Waals surface area contributed by atoms with Gasteiger partial charge in [0, 0.05) is 36.6 Å². The van der Waals surface area contributed by atoms with Gasteiger partial charge in [0.05, 0.1) is 18.1 Å². The molecule has 0 unspecified atom stereocenters. The summed E-state index contributed by atoms with van der Waals surface area (Å²) in [5, 5.41) is 0. The third-order valence-corrected chi connectivity index (χ3v) is 5.60. The molecule has 2 rings (SSSR count). The Kier molecular flexibility index (Phi) is 4.34. The van der Waals surface area contributed by atoms with E-state index in [1.54, 1.807) is 0 Å². The van der Waals surface area contributed by atoms with Crippen LogP contribution in [0.15, 0.2) is 6.07 Å². The van der Waals surface area contributed by atoms with Crippen LogP contribution in [0.5, 0.6) is 0 Å². The van der Waals surface area contributed by atoms with Crippen LogP contribution in [0.4, 0.5) is 0 Å². The van der Waals surface area contributed by atoms with Gasteiger partial charge in [-0.25, -0.2) is 8.42 Å². The molecule has 6 heteroatoms. The van der Waals surface area contributed by atoms with E-state index in [1.165, 1.54) is 0 Å². The summed E-state index contributed by atoms with van der Waals surface area (Å²) in [4.78, 5) is 14.3. The van der Waals surface area contributed by atoms with Gasteiger partial charge >= 0.3 is 0 Å². The summed E-state index contributed by atoms with van der Waals surface area (Å²) >= 11 is 0. The molecule has 0 aliphatic carbocycles. The molecule has 0 spiro atoms. The van der Waals surface area contributed by atoms with Crippen LogP contribution in [-0.4, -0.2) is 54.8 Å². The van der Waals surface area contributed by atoms with E-state index in [0.29, 0.717) is 19.6 Å². The van der Waals surface area contributed by atoms with Crippen LogP contribution in [0.25, 0.3) is 0 Å². The quantitative estimate of drug-likeness (QED) is 0.779. The largest absolute Gasteiger partial charge is 0.349 e. The number of hydrogen-bond acceptors (Lipinski definition) is 4. The zero-order valence-corrected chi connectivity index (χ0v) is 13.2. The van der Waals surface area contributed by atoms with Crippen molar-refractivity contribution in [2.75, 3.05) is 31.1 Å². The second kappa shape index (κ2) is 5.69. The van der Waals surface area contributed by atoms with Gasteiger partial charge in [-0.1, -0.05) is 0 Å². The zero-order valence-electron chi connectivity index (χ0n) is 12.3. The number of nitrogens with zero attached hydrogens (tertiary/aromatic N) is 2. The fraction of sp³-hybridized carbons (Fsp3) is 0.643. The first-order valence-corrected chi connectivity index (χ1v) is 8.79. The van der Waals surface area contributed by atoms with Crippen molar-refractivity contribution in [2.24, 2.45) is 0 Å². The Hall–Kier alpha value is -1.14. The lowest BCUT2D eigenvalue weighted by atomic mass is 10.1. The fourth-order valence-corrected chi connectivity index (χ4v) is 4.04. The minimum absolute atomic E-state index is 0.0806. The fourth-order valence-electron chi connectivity index (χ4n) is 2.77. The lowest BCUT2D eigenvalue weighted by Gasteiger charge is -2.25. The van der Waals surface area contributed by atoms with Crippen molar-refractivity contribution in [1.82, 2.24) is 9.47 Å². The molecule has 112 valence electrons. The summed E-state index contributed by atoms with van der Waals surface area (Å²) in [6.45, 7) is 8.10. The Morgan fingerprint density at radius 2 is 1.85 bits per heavy atom. The van der Waals surface area contributed by atoms with Gasteiger partial charge in [0.1, 0.15) is 0 Å². The van der Waals surface area contributed by atoms with Gasteiger partial charge in [-0.3, -0.25) is 9.69 Å². The molecule has 0 bridgehead atoms. The van der Waals surface area contributed by atoms with Crippen LogP contribution in [0, 0.1) is 13.8 Å². The SMILES string of the molecule is CCn1c(C)cc(C(=O)CN2CCS(=O)(=O)CC2)c1C. The Morgan fingerprint density at radius 1 is 1.25 bits per heavy atom. The van der Waals surface area contributed by atoms with E-state index in [1.807, 2.05) is 24.8 Å². The number of carbonyl (C=O) groups excluding carboxylic acids is 1. The predicted octanol–water partition coefficient (Wildman–Crippen LogP) is 1.04. The van der Waals surface area contributed by atoms with E-state index in [-0.39, 0.29) is 17.3 Å². The molecule has 0 atom stereocenters. The van der Waals surface area contributed by atoms with Crippen molar-refractivity contribution in [2.45, 2.75) is 27.3 Å². The number of sulfone groups is 1. The molecule has 2 heterocycles. The molecule has 1 aromatic rings. The number of aromatic nitrogens is 1. The Bertz CT molecular complexity index is 603. The molecule has 1 fully saturated rings. The summed E-state index contributed by atoms with van der Waals surface area (Å²) in [6.07, 6.45) is 0. The molecule has 0 aromatic carbocycles. The highest BCUT2D eigenvalue weighted by molar-refractivity contribution is 7.91. The van der Waals surface area contributed by atoms with E-state index in [9.17, 15) is 13.2 Å². The normalized spacial score (nSPS) is 19.1. The topological polar surface area (TPSA) is 59.4 Å². The minimum Gasteiger partial charge on any atom is -0.349 e. The smallest absolute Gasteiger partial charge is 0.178 e. The predicted molar refractivity (Wildman–Crippen MR) is 79.0 cm³/mol. The van der Waals surface area contributed by atoms with E-state index < -0.39 is 9.84 Å². The van der Waals surface area contributed by atoms with Crippen LogP contribution < -0.4 is 0 Å². The zero-order chi connectivity index (χ0) is 14.9. The van der Waals surface area contributed by atoms with Gasteiger partial charge in [0.25, 0.3) is 0 Å². The summed E-state index contributed by atoms with van der Waals surface area (Å²) < 4.78 is 24.9. The standard InChI is InChI=1S/C14H22N2O3S/c1-4-16-11(2)9-13(12(16)3)14(17)10-15-5-7-20(18,19)8-6-15/h9H,4-8,10H2,1-3H3. The molecule has 0 N–H and O–H groups in total. The molecule has 0 amide bonds. The van der Waals surface area contributed by atoms with Crippen LogP contribution >= 0.6 is 0 Å². The lowest BCUT2D eigenvalue weighted by molar-refractivity contribution is 0.0935. The number of carbonyl (C=O) groups is 1. The maximum Gasteiger partial charge on any atom is 0.178 e. The first-order valence-electron chi connectivity index (χ1n) is 6.96. The summed E-state index contributed by atoms with van der Waals surface area (Å²) in [5.74, 6) is 0.403. The first kappa shape index (κ1) is 15.3. The highest BCUT2D eigenvalue weighted by Gasteiger charge is 2.24. The molecule has 20 heavy (non-hydrogen) atoms. The minimum atomic E-state index is -2.89. The van der Waals surface area contributed by atoms with Crippen molar-refractivity contribution < 1.29 is 13.2 Å². The van der Waals surface area contributed by atoms with Gasteiger partial charge in [-0.2, -0.15) is 0 Å². The average molecular weight is 298 g/mol. The van der Waals surface area contributed by atoms with Crippen molar-refractivity contribution in [1.29, 1.82) is 0 Å². The maximum atomic E-state index is 12.4. The summed E-state index contributed by atoms with van der Waals surface area (Å²) in [6, 6.07) is 1.93. The number of Topliss-reactive ketones (excluding diaryl/α,β-unsaturated/α-hetero) is 1. The molecule has 1 aliphatic heterocycles. The molecule has 0 radical (unpaired) electrons. The number of hydrogen-bond donors (Lipinski definition) is 0. The van der Waals surface area contributed by atoms with Crippen molar-refractivity contribution in [3.8, 4) is 0 Å². The highest BCUT2D eigenvalue weighted by Crippen LogP contribution is 2.16. The van der Waals surface area contributed by atoms with Gasteiger partial charge < -0.3 is 4.57 Å². The first-order chi connectivity index (χ1) is 9.34. The molecule has 1 aromatic heterocycles. The third-order valence-electron chi connectivity index (χ3n) is 3.99. The Morgan fingerprint density at radius 3 is 2.35 bits per heavy atom. The molecular formula is C14H22N2O3S. The Balaban J connectivity index is 2.06. The number of aryl methyl sites for hydroxylation is 1. The van der Waals surface area contributed by atoms with Crippen LogP contribution in [0.2, 0.25) is 0 Å². The van der Waals surface area contributed by atoms with Crippen LogP contribution in [-0.2, 0) is 16.4 Å². The van der Waals surface area contributed by atoms with Crippen LogP contribution in [0.1, 0.15) is 28.7 Å². The van der Waals surface area contributed by atoms with Gasteiger partial charge in [0.2, 0.25) is 0 Å².